The van der Waals surface area contributed by atoms with E-state index < -0.39 is 6.10 Å². The van der Waals surface area contributed by atoms with E-state index in [4.69, 9.17) is 4.74 Å². The number of hydrogen-bond acceptors (Lipinski definition) is 3. The lowest BCUT2D eigenvalue weighted by atomic mass is 9.35. The van der Waals surface area contributed by atoms with Gasteiger partial charge in [0.05, 0.1) is 6.10 Å². The van der Waals surface area contributed by atoms with E-state index in [0.717, 1.165) is 30.8 Å². The van der Waals surface area contributed by atoms with Crippen molar-refractivity contribution in [3.8, 4) is 0 Å². The van der Waals surface area contributed by atoms with E-state index in [0.29, 0.717) is 34.0 Å². The van der Waals surface area contributed by atoms with Crippen molar-refractivity contribution in [1.82, 2.24) is 0 Å². The van der Waals surface area contributed by atoms with Crippen LogP contribution in [0.25, 0.3) is 0 Å². The summed E-state index contributed by atoms with van der Waals surface area (Å²) in [6.07, 6.45) is 11.2. The Morgan fingerprint density at radius 3 is 2.20 bits per heavy atom. The fourth-order valence-electron chi connectivity index (χ4n) is 10.4. The molecule has 0 aromatic carbocycles. The Labute approximate surface area is 215 Å². The molecule has 198 valence electrons. The molecular weight excluding hydrogens is 432 g/mol. The third kappa shape index (κ3) is 4.07. The molecule has 1 N–H and O–H groups in total. The molecule has 35 heavy (non-hydrogen) atoms. The van der Waals surface area contributed by atoms with Gasteiger partial charge in [-0.05, 0) is 111 Å². The molecule has 0 amide bonds. The van der Waals surface area contributed by atoms with Crippen LogP contribution in [-0.4, -0.2) is 23.3 Å². The molecule has 4 saturated carbocycles. The standard InChI is InChI=1S/C32H52O3/c1-20(2)25(34)12-10-21(3)23-14-18-31(8)24(23)11-13-27-30(7)17-16-28(35-22(4)33)29(5,6)26(30)15-19-32(27,31)9/h23-28,34H,1,3,10-19H2,2,4-9H3/t23-,24-,25+,26+,27-,28+,30+,31-,32-/m1/s1. The molecule has 0 spiro atoms. The van der Waals surface area contributed by atoms with Crippen LogP contribution in [0, 0.1) is 45.3 Å². The number of carbonyl (C=O) groups is 1. The Morgan fingerprint density at radius 1 is 0.914 bits per heavy atom. The molecule has 0 aliphatic heterocycles. The molecule has 9 atom stereocenters. The average Bonchev–Trinajstić information content (AvgIpc) is 3.12. The molecule has 4 rings (SSSR count). The van der Waals surface area contributed by atoms with E-state index in [-0.39, 0.29) is 17.5 Å². The Morgan fingerprint density at radius 2 is 1.57 bits per heavy atom. The van der Waals surface area contributed by atoms with Crippen molar-refractivity contribution in [2.75, 3.05) is 0 Å². The maximum absolute atomic E-state index is 11.8. The molecule has 0 unspecified atom stereocenters. The number of rotatable bonds is 6. The van der Waals surface area contributed by atoms with Crippen LogP contribution in [0.4, 0.5) is 0 Å². The Hall–Kier alpha value is -1.09. The number of hydrogen-bond donors (Lipinski definition) is 1. The summed E-state index contributed by atoms with van der Waals surface area (Å²) in [7, 11) is 0. The number of ether oxygens (including phenoxy) is 1. The summed E-state index contributed by atoms with van der Waals surface area (Å²) in [5.41, 5.74) is 3.25. The van der Waals surface area contributed by atoms with E-state index >= 15 is 0 Å². The van der Waals surface area contributed by atoms with Crippen LogP contribution in [0.2, 0.25) is 0 Å². The van der Waals surface area contributed by atoms with Crippen molar-refractivity contribution in [2.24, 2.45) is 45.3 Å². The zero-order valence-corrected chi connectivity index (χ0v) is 23.7. The van der Waals surface area contributed by atoms with Gasteiger partial charge in [-0.2, -0.15) is 0 Å². The van der Waals surface area contributed by atoms with Crippen LogP contribution in [0.5, 0.6) is 0 Å². The summed E-state index contributed by atoms with van der Waals surface area (Å²) >= 11 is 0. The van der Waals surface area contributed by atoms with Gasteiger partial charge in [-0.1, -0.05) is 58.9 Å². The third-order valence-electron chi connectivity index (χ3n) is 12.5. The third-order valence-corrected chi connectivity index (χ3v) is 12.5. The molecule has 3 heteroatoms. The minimum Gasteiger partial charge on any atom is -0.462 e. The summed E-state index contributed by atoms with van der Waals surface area (Å²) in [4.78, 5) is 11.8. The highest BCUT2D eigenvalue weighted by atomic mass is 16.5. The number of aliphatic hydroxyl groups is 1. The second kappa shape index (κ2) is 9.03. The van der Waals surface area contributed by atoms with Crippen molar-refractivity contribution in [2.45, 2.75) is 125 Å². The molecule has 0 bridgehead atoms. The van der Waals surface area contributed by atoms with E-state index in [1.54, 1.807) is 6.92 Å². The molecule has 0 aromatic heterocycles. The molecule has 3 nitrogen and oxygen atoms in total. The smallest absolute Gasteiger partial charge is 0.302 e. The number of allylic oxidation sites excluding steroid dienone is 1. The fourth-order valence-corrected chi connectivity index (χ4v) is 10.4. The summed E-state index contributed by atoms with van der Waals surface area (Å²) in [5, 5.41) is 10.3. The minimum atomic E-state index is -0.409. The molecule has 0 aromatic rings. The summed E-state index contributed by atoms with van der Waals surface area (Å²) in [5.74, 6) is 2.50. The molecule has 0 heterocycles. The van der Waals surface area contributed by atoms with Gasteiger partial charge in [-0.3, -0.25) is 4.79 Å². The highest BCUT2D eigenvalue weighted by Gasteiger charge is 2.68. The maximum atomic E-state index is 11.8. The zero-order valence-electron chi connectivity index (χ0n) is 23.7. The molecule has 0 saturated heterocycles. The maximum Gasteiger partial charge on any atom is 0.302 e. The van der Waals surface area contributed by atoms with Crippen LogP contribution < -0.4 is 0 Å². The van der Waals surface area contributed by atoms with E-state index in [9.17, 15) is 9.90 Å². The second-order valence-electron chi connectivity index (χ2n) is 14.3. The first-order chi connectivity index (χ1) is 16.2. The Bertz CT molecular complexity index is 872. The largest absolute Gasteiger partial charge is 0.462 e. The van der Waals surface area contributed by atoms with E-state index in [1.807, 2.05) is 6.92 Å². The monoisotopic (exact) mass is 484 g/mol. The van der Waals surface area contributed by atoms with Crippen LogP contribution in [0.3, 0.4) is 0 Å². The average molecular weight is 485 g/mol. The summed E-state index contributed by atoms with van der Waals surface area (Å²) in [6, 6.07) is 0. The number of fused-ring (bicyclic) bond motifs is 5. The van der Waals surface area contributed by atoms with Crippen molar-refractivity contribution < 1.29 is 14.6 Å². The Balaban J connectivity index is 1.56. The molecular formula is C32H52O3. The predicted octanol–water partition coefficient (Wildman–Crippen LogP) is 7.88. The van der Waals surface area contributed by atoms with E-state index in [2.05, 4.69) is 47.8 Å². The quantitative estimate of drug-likeness (QED) is 0.308. The first kappa shape index (κ1) is 27.0. The van der Waals surface area contributed by atoms with Gasteiger partial charge in [-0.25, -0.2) is 0 Å². The van der Waals surface area contributed by atoms with Gasteiger partial charge in [0.1, 0.15) is 6.10 Å². The minimum absolute atomic E-state index is 0.0222. The predicted molar refractivity (Wildman–Crippen MR) is 144 cm³/mol. The second-order valence-corrected chi connectivity index (χ2v) is 14.3. The molecule has 4 aliphatic carbocycles. The van der Waals surface area contributed by atoms with Gasteiger partial charge < -0.3 is 9.84 Å². The molecule has 4 aliphatic rings. The van der Waals surface area contributed by atoms with Crippen LogP contribution >= 0.6 is 0 Å². The number of esters is 1. The fraction of sp³-hybridized carbons (Fsp3) is 0.844. The first-order valence-electron chi connectivity index (χ1n) is 14.4. The lowest BCUT2D eigenvalue weighted by Crippen LogP contribution is -2.64. The normalized spacial score (nSPS) is 45.0. The van der Waals surface area contributed by atoms with Crippen LogP contribution in [0.15, 0.2) is 24.3 Å². The van der Waals surface area contributed by atoms with Crippen molar-refractivity contribution in [3.63, 3.8) is 0 Å². The Kier molecular flexibility index (Phi) is 6.96. The van der Waals surface area contributed by atoms with E-state index in [1.165, 1.54) is 50.5 Å². The van der Waals surface area contributed by atoms with Gasteiger partial charge >= 0.3 is 5.97 Å². The zero-order chi connectivity index (χ0) is 26.0. The first-order valence-corrected chi connectivity index (χ1v) is 14.4. The molecule has 0 radical (unpaired) electrons. The van der Waals surface area contributed by atoms with Gasteiger partial charge in [0.25, 0.3) is 0 Å². The number of aliphatic hydroxyl groups excluding tert-OH is 1. The van der Waals surface area contributed by atoms with Crippen molar-refractivity contribution in [1.29, 1.82) is 0 Å². The highest BCUT2D eigenvalue weighted by Crippen LogP contribution is 2.75. The number of carbonyl (C=O) groups excluding carboxylic acids is 1. The van der Waals surface area contributed by atoms with Crippen LogP contribution in [0.1, 0.15) is 113 Å². The lowest BCUT2D eigenvalue weighted by molar-refractivity contribution is -0.226. The van der Waals surface area contributed by atoms with Crippen LogP contribution in [-0.2, 0) is 9.53 Å². The highest BCUT2D eigenvalue weighted by molar-refractivity contribution is 5.66. The van der Waals surface area contributed by atoms with Gasteiger partial charge in [0, 0.05) is 12.3 Å². The van der Waals surface area contributed by atoms with Gasteiger partial charge in [-0.15, -0.1) is 0 Å². The summed E-state index contributed by atoms with van der Waals surface area (Å²) < 4.78 is 5.87. The van der Waals surface area contributed by atoms with Crippen molar-refractivity contribution >= 4 is 5.97 Å². The summed E-state index contributed by atoms with van der Waals surface area (Å²) in [6.45, 7) is 24.6. The van der Waals surface area contributed by atoms with Gasteiger partial charge in [0.2, 0.25) is 0 Å². The topological polar surface area (TPSA) is 46.5 Å². The lowest BCUT2D eigenvalue weighted by Gasteiger charge is -2.70. The SMILES string of the molecule is C=C(CC[C@H](O)C(=C)C)[C@H]1CC[C@]2(C)[C@@H]1CC[C@@H]1[C@@]3(C)CC[C@H](OC(C)=O)C(C)(C)[C@@H]3CC[C@]12C. The molecule has 4 fully saturated rings. The van der Waals surface area contributed by atoms with Crippen molar-refractivity contribution in [3.05, 3.63) is 24.3 Å². The van der Waals surface area contributed by atoms with Gasteiger partial charge in [0.15, 0.2) is 0 Å².